The summed E-state index contributed by atoms with van der Waals surface area (Å²) in [6.07, 6.45) is 0. The summed E-state index contributed by atoms with van der Waals surface area (Å²) in [7, 11) is 0. The van der Waals surface area contributed by atoms with E-state index in [4.69, 9.17) is 4.42 Å². The summed E-state index contributed by atoms with van der Waals surface area (Å²) < 4.78 is 7.28. The molecule has 0 fully saturated rings. The second-order valence-electron chi connectivity index (χ2n) is 16.5. The van der Waals surface area contributed by atoms with E-state index in [-0.39, 0.29) is 0 Å². The lowest BCUT2D eigenvalue weighted by Crippen LogP contribution is -2.10. The van der Waals surface area contributed by atoms with Gasteiger partial charge in [0.25, 0.3) is 0 Å². The lowest BCUT2D eigenvalue weighted by Gasteiger charge is -2.27. The van der Waals surface area contributed by atoms with E-state index in [1.807, 2.05) is 0 Å². The first-order valence-electron chi connectivity index (χ1n) is 21.9. The summed E-state index contributed by atoms with van der Waals surface area (Å²) in [5.74, 6) is 0. The van der Waals surface area contributed by atoms with Gasteiger partial charge in [-0.25, -0.2) is 0 Å². The van der Waals surface area contributed by atoms with Gasteiger partial charge in [-0.05, 0) is 127 Å². The van der Waals surface area contributed by atoms with Crippen molar-refractivity contribution in [3.8, 4) is 55.6 Å². The second-order valence-corrected chi connectivity index (χ2v) is 16.5. The molecule has 0 atom stereocenters. The van der Waals surface area contributed by atoms with Gasteiger partial charge in [0.2, 0.25) is 0 Å². The first-order chi connectivity index (χ1) is 31.7. The van der Waals surface area contributed by atoms with Crippen LogP contribution in [0.15, 0.2) is 253 Å². The van der Waals surface area contributed by atoms with Gasteiger partial charge in [-0.2, -0.15) is 0 Å². The molecule has 0 unspecified atom stereocenters. The van der Waals surface area contributed by atoms with Gasteiger partial charge in [-0.1, -0.05) is 188 Å². The van der Waals surface area contributed by atoms with Crippen LogP contribution in [0.1, 0.15) is 0 Å². The average Bonchev–Trinajstić information content (AvgIpc) is 3.76. The second kappa shape index (κ2) is 15.8. The van der Waals surface area contributed by atoms with E-state index in [9.17, 15) is 0 Å². The van der Waals surface area contributed by atoms with Gasteiger partial charge in [0, 0.05) is 38.8 Å². The van der Waals surface area contributed by atoms with Gasteiger partial charge in [-0.15, -0.1) is 0 Å². The van der Waals surface area contributed by atoms with E-state index >= 15 is 0 Å². The smallest absolute Gasteiger partial charge is 0.143 e. The number of benzene rings is 11. The Bertz CT molecular complexity index is 3570. The van der Waals surface area contributed by atoms with Gasteiger partial charge in [0.15, 0.2) is 0 Å². The average molecular weight is 816 g/mol. The molecule has 0 amide bonds. The minimum Gasteiger partial charge on any atom is -0.455 e. The number of anilines is 3. The molecule has 12 rings (SSSR count). The van der Waals surface area contributed by atoms with E-state index in [2.05, 4.69) is 254 Å². The summed E-state index contributed by atoms with van der Waals surface area (Å²) >= 11 is 0. The van der Waals surface area contributed by atoms with E-state index in [0.717, 1.165) is 83.2 Å². The predicted octanol–water partition coefficient (Wildman–Crippen LogP) is 17.7. The lowest BCUT2D eigenvalue weighted by atomic mass is 9.91. The van der Waals surface area contributed by atoms with Gasteiger partial charge in [0.05, 0.1) is 0 Å². The molecule has 2 nitrogen and oxygen atoms in total. The fraction of sp³-hybridized carbons (Fsp3) is 0. The lowest BCUT2D eigenvalue weighted by molar-refractivity contribution is 0.674. The van der Waals surface area contributed by atoms with Crippen LogP contribution in [0.5, 0.6) is 0 Å². The molecule has 11 aromatic carbocycles. The van der Waals surface area contributed by atoms with Crippen molar-refractivity contribution in [2.75, 3.05) is 4.90 Å². The van der Waals surface area contributed by atoms with Crippen molar-refractivity contribution in [2.45, 2.75) is 0 Å². The molecule has 1 heterocycles. The number of hydrogen-bond donors (Lipinski definition) is 0. The van der Waals surface area contributed by atoms with E-state index in [1.54, 1.807) is 0 Å². The molecule has 0 spiro atoms. The third-order valence-corrected chi connectivity index (χ3v) is 12.6. The highest BCUT2D eigenvalue weighted by Crippen LogP contribution is 2.48. The van der Waals surface area contributed by atoms with Gasteiger partial charge in [-0.3, -0.25) is 0 Å². The molecule has 0 aliphatic rings. The molecule has 0 N–H and O–H groups in total. The minimum absolute atomic E-state index is 0.858. The van der Waals surface area contributed by atoms with Crippen LogP contribution >= 0.6 is 0 Å². The van der Waals surface area contributed by atoms with Crippen LogP contribution in [0.2, 0.25) is 0 Å². The number of hydrogen-bond acceptors (Lipinski definition) is 2. The van der Waals surface area contributed by atoms with Crippen LogP contribution < -0.4 is 4.90 Å². The maximum Gasteiger partial charge on any atom is 0.143 e. The molecule has 2 heteroatoms. The molecular formula is C62H41NO. The first kappa shape index (κ1) is 37.3. The minimum atomic E-state index is 0.858. The van der Waals surface area contributed by atoms with Crippen molar-refractivity contribution in [3.63, 3.8) is 0 Å². The number of rotatable bonds is 8. The molecule has 0 aliphatic carbocycles. The standard InChI is InChI=1S/C62H41NO/c1-5-17-42(18-6-1)46-29-32-52(33-30-46)63(53-34-31-45-23-13-14-26-48(45)38-53)54-39-58(51-36-49(43-19-7-2-8-20-43)35-50(37-51)44-21-9-3-10-22-44)62-59(40-54)60-41-57(47-24-11-4-12-25-47)55-27-15-16-28-56(55)61(60)64-62/h1-41H. The van der Waals surface area contributed by atoms with Crippen molar-refractivity contribution in [2.24, 2.45) is 0 Å². The van der Waals surface area contributed by atoms with Crippen LogP contribution in [0.25, 0.3) is 99.1 Å². The van der Waals surface area contributed by atoms with Crippen LogP contribution in [-0.4, -0.2) is 0 Å². The summed E-state index contributed by atoms with van der Waals surface area (Å²) in [6, 6.07) is 89.7. The Morgan fingerprint density at radius 2 is 0.719 bits per heavy atom. The Balaban J connectivity index is 1.18. The number of furan rings is 1. The SMILES string of the molecule is c1ccc(-c2ccc(N(c3ccc4ccccc4c3)c3cc(-c4cc(-c5ccccc5)cc(-c5ccccc5)c4)c4oc5c6ccccc6c(-c6ccccc6)cc5c4c3)cc2)cc1. The monoisotopic (exact) mass is 815 g/mol. The molecule has 0 saturated carbocycles. The molecule has 12 aromatic rings. The fourth-order valence-corrected chi connectivity index (χ4v) is 9.46. The molecule has 0 bridgehead atoms. The highest BCUT2D eigenvalue weighted by Gasteiger charge is 2.23. The van der Waals surface area contributed by atoms with E-state index in [1.165, 1.54) is 33.0 Å². The topological polar surface area (TPSA) is 16.4 Å². The first-order valence-corrected chi connectivity index (χ1v) is 21.9. The highest BCUT2D eigenvalue weighted by atomic mass is 16.3. The third-order valence-electron chi connectivity index (χ3n) is 12.6. The number of nitrogens with zero attached hydrogens (tertiary/aromatic N) is 1. The zero-order chi connectivity index (χ0) is 42.4. The van der Waals surface area contributed by atoms with Crippen LogP contribution in [-0.2, 0) is 0 Å². The quantitative estimate of drug-likeness (QED) is 0.152. The maximum atomic E-state index is 7.28. The molecule has 300 valence electrons. The van der Waals surface area contributed by atoms with Crippen LogP contribution in [0, 0.1) is 0 Å². The van der Waals surface area contributed by atoms with Crippen molar-refractivity contribution in [1.29, 1.82) is 0 Å². The van der Waals surface area contributed by atoms with Crippen molar-refractivity contribution in [1.82, 2.24) is 0 Å². The van der Waals surface area contributed by atoms with Gasteiger partial charge >= 0.3 is 0 Å². The van der Waals surface area contributed by atoms with Crippen LogP contribution in [0.4, 0.5) is 17.1 Å². The van der Waals surface area contributed by atoms with Crippen LogP contribution in [0.3, 0.4) is 0 Å². The van der Waals surface area contributed by atoms with Gasteiger partial charge in [0.1, 0.15) is 11.2 Å². The Morgan fingerprint density at radius 3 is 1.36 bits per heavy atom. The zero-order valence-corrected chi connectivity index (χ0v) is 35.0. The van der Waals surface area contributed by atoms with E-state index < -0.39 is 0 Å². The largest absolute Gasteiger partial charge is 0.455 e. The number of fused-ring (bicyclic) bond motifs is 6. The molecule has 0 aliphatic heterocycles. The molecule has 64 heavy (non-hydrogen) atoms. The Kier molecular flexibility index (Phi) is 9.20. The fourth-order valence-electron chi connectivity index (χ4n) is 9.46. The van der Waals surface area contributed by atoms with E-state index in [0.29, 0.717) is 0 Å². The van der Waals surface area contributed by atoms with Crippen molar-refractivity contribution < 1.29 is 4.42 Å². The Morgan fingerprint density at radius 1 is 0.234 bits per heavy atom. The molecule has 0 radical (unpaired) electrons. The highest BCUT2D eigenvalue weighted by molar-refractivity contribution is 6.21. The normalized spacial score (nSPS) is 11.4. The Labute approximate surface area is 372 Å². The molecular weight excluding hydrogens is 775 g/mol. The predicted molar refractivity (Wildman–Crippen MR) is 271 cm³/mol. The zero-order valence-electron chi connectivity index (χ0n) is 35.0. The Hall–Kier alpha value is -8.46. The maximum absolute atomic E-state index is 7.28. The molecule has 0 saturated heterocycles. The summed E-state index contributed by atoms with van der Waals surface area (Å²) in [6.45, 7) is 0. The molecule has 1 aromatic heterocycles. The van der Waals surface area contributed by atoms with Crippen molar-refractivity contribution >= 4 is 60.5 Å². The summed E-state index contributed by atoms with van der Waals surface area (Å²) in [5.41, 5.74) is 16.3. The van der Waals surface area contributed by atoms with Gasteiger partial charge < -0.3 is 9.32 Å². The third kappa shape index (κ3) is 6.70. The van der Waals surface area contributed by atoms with Crippen molar-refractivity contribution in [3.05, 3.63) is 249 Å². The summed E-state index contributed by atoms with van der Waals surface area (Å²) in [4.78, 5) is 2.40. The summed E-state index contributed by atoms with van der Waals surface area (Å²) in [5, 5.41) is 6.78.